The van der Waals surface area contributed by atoms with E-state index in [1.165, 1.54) is 25.9 Å². The maximum absolute atomic E-state index is 13.3. The molecule has 0 aromatic carbocycles. The van der Waals surface area contributed by atoms with E-state index in [1.807, 2.05) is 11.2 Å². The van der Waals surface area contributed by atoms with Crippen LogP contribution in [0.4, 0.5) is 0 Å². The van der Waals surface area contributed by atoms with E-state index in [-0.39, 0.29) is 12.1 Å². The lowest BCUT2D eigenvalue weighted by Gasteiger charge is -2.44. The van der Waals surface area contributed by atoms with Crippen molar-refractivity contribution in [3.05, 3.63) is 12.3 Å². The van der Waals surface area contributed by atoms with E-state index in [9.17, 15) is 8.42 Å². The maximum Gasteiger partial charge on any atom is 0.260 e. The molecule has 0 saturated carbocycles. The van der Waals surface area contributed by atoms with Crippen LogP contribution in [0.1, 0.15) is 52.4 Å². The average molecular weight is 367 g/mol. The fourth-order valence-corrected chi connectivity index (χ4v) is 7.13. The van der Waals surface area contributed by atoms with Gasteiger partial charge >= 0.3 is 0 Å². The number of hydrogen-bond acceptors (Lipinski definition) is 4. The van der Waals surface area contributed by atoms with Gasteiger partial charge in [0, 0.05) is 24.7 Å². The Hall–Kier alpha value is -0.920. The van der Waals surface area contributed by atoms with Gasteiger partial charge in [-0.1, -0.05) is 6.92 Å². The third kappa shape index (κ3) is 3.04. The zero-order valence-corrected chi connectivity index (χ0v) is 16.2. The smallest absolute Gasteiger partial charge is 0.260 e. The number of aryl methyl sites for hydroxylation is 1. The van der Waals surface area contributed by atoms with Crippen LogP contribution in [0.25, 0.3) is 0 Å². The molecule has 2 unspecified atom stereocenters. The van der Waals surface area contributed by atoms with Crippen molar-refractivity contribution in [3.63, 3.8) is 0 Å². The third-order valence-electron chi connectivity index (χ3n) is 6.49. The highest BCUT2D eigenvalue weighted by molar-refractivity contribution is 7.89. The largest absolute Gasteiger partial charge is 0.300 e. The topological polar surface area (TPSA) is 58.4 Å². The van der Waals surface area contributed by atoms with E-state index in [4.69, 9.17) is 0 Å². The van der Waals surface area contributed by atoms with Gasteiger partial charge in [-0.15, -0.1) is 0 Å². The van der Waals surface area contributed by atoms with E-state index in [0.717, 1.165) is 31.6 Å². The molecule has 3 saturated heterocycles. The second-order valence-corrected chi connectivity index (χ2v) is 9.84. The van der Waals surface area contributed by atoms with Crippen molar-refractivity contribution in [2.24, 2.45) is 5.92 Å². The fraction of sp³-hybridized carbons (Fsp3) is 0.833. The highest BCUT2D eigenvalue weighted by atomic mass is 32.2. The molecule has 25 heavy (non-hydrogen) atoms. The van der Waals surface area contributed by atoms with Crippen molar-refractivity contribution < 1.29 is 8.42 Å². The van der Waals surface area contributed by atoms with Crippen molar-refractivity contribution in [3.8, 4) is 0 Å². The summed E-state index contributed by atoms with van der Waals surface area (Å²) >= 11 is 0. The molecular formula is C18H30N4O2S. The van der Waals surface area contributed by atoms with Crippen molar-refractivity contribution in [2.75, 3.05) is 13.1 Å². The van der Waals surface area contributed by atoms with Crippen LogP contribution in [-0.4, -0.2) is 58.6 Å². The van der Waals surface area contributed by atoms with E-state index >= 15 is 0 Å². The summed E-state index contributed by atoms with van der Waals surface area (Å²) in [4.78, 5) is 2.63. The first-order chi connectivity index (χ1) is 12.0. The highest BCUT2D eigenvalue weighted by Crippen LogP contribution is 2.41. The van der Waals surface area contributed by atoms with Crippen molar-refractivity contribution in [1.82, 2.24) is 19.0 Å². The first-order valence-electron chi connectivity index (χ1n) is 9.80. The molecule has 6 nitrogen and oxygen atoms in total. The standard InChI is InChI=1S/C18H30N4O2S/c1-3-21-18(6-9-19-21)25(23,24)22-15-4-5-16(22)13-17(12-15)20-10-7-14(2)8-11-20/h6,9,14-17H,3-5,7-8,10-13H2,1-2H3. The zero-order chi connectivity index (χ0) is 17.6. The molecule has 0 amide bonds. The predicted molar refractivity (Wildman–Crippen MR) is 96.7 cm³/mol. The van der Waals surface area contributed by atoms with Crippen LogP contribution in [0.3, 0.4) is 0 Å². The summed E-state index contributed by atoms with van der Waals surface area (Å²) < 4.78 is 30.0. The minimum absolute atomic E-state index is 0.160. The van der Waals surface area contributed by atoms with E-state index in [0.29, 0.717) is 17.6 Å². The van der Waals surface area contributed by atoms with Gasteiger partial charge < -0.3 is 4.90 Å². The Morgan fingerprint density at radius 2 is 1.72 bits per heavy atom. The number of fused-ring (bicyclic) bond motifs is 2. The number of rotatable bonds is 4. The monoisotopic (exact) mass is 366 g/mol. The average Bonchev–Trinajstić information content (AvgIpc) is 3.19. The predicted octanol–water partition coefficient (Wildman–Crippen LogP) is 2.32. The molecular weight excluding hydrogens is 336 g/mol. The van der Waals surface area contributed by atoms with Crippen molar-refractivity contribution in [2.45, 2.75) is 82.1 Å². The molecule has 4 heterocycles. The van der Waals surface area contributed by atoms with Crippen LogP contribution in [0.15, 0.2) is 17.3 Å². The molecule has 2 bridgehead atoms. The molecule has 1 aromatic heterocycles. The Bertz CT molecular complexity index is 694. The van der Waals surface area contributed by atoms with Gasteiger partial charge in [0.25, 0.3) is 10.0 Å². The molecule has 3 fully saturated rings. The summed E-state index contributed by atoms with van der Waals surface area (Å²) in [6.07, 6.45) is 8.15. The Labute approximate surface area is 151 Å². The number of hydrogen-bond donors (Lipinski definition) is 0. The Balaban J connectivity index is 1.53. The lowest BCUT2D eigenvalue weighted by Crippen LogP contribution is -2.53. The Morgan fingerprint density at radius 1 is 1.08 bits per heavy atom. The summed E-state index contributed by atoms with van der Waals surface area (Å²) in [5.74, 6) is 0.836. The van der Waals surface area contributed by atoms with Gasteiger partial charge in [-0.2, -0.15) is 9.40 Å². The van der Waals surface area contributed by atoms with Crippen LogP contribution in [-0.2, 0) is 16.6 Å². The summed E-state index contributed by atoms with van der Waals surface area (Å²) in [5.41, 5.74) is 0. The lowest BCUT2D eigenvalue weighted by molar-refractivity contribution is 0.0757. The van der Waals surface area contributed by atoms with Crippen molar-refractivity contribution in [1.29, 1.82) is 0 Å². The van der Waals surface area contributed by atoms with Crippen LogP contribution in [0.5, 0.6) is 0 Å². The lowest BCUT2D eigenvalue weighted by atomic mass is 9.93. The molecule has 1 aromatic rings. The van der Waals surface area contributed by atoms with Crippen LogP contribution in [0, 0.1) is 5.92 Å². The second kappa shape index (κ2) is 6.67. The number of nitrogens with zero attached hydrogens (tertiary/aromatic N) is 4. The number of aromatic nitrogens is 2. The first kappa shape index (κ1) is 17.5. The van der Waals surface area contributed by atoms with E-state index in [1.54, 1.807) is 16.9 Å². The van der Waals surface area contributed by atoms with E-state index < -0.39 is 10.0 Å². The van der Waals surface area contributed by atoms with Gasteiger partial charge in [-0.05, 0) is 70.5 Å². The molecule has 0 radical (unpaired) electrons. The minimum Gasteiger partial charge on any atom is -0.300 e. The minimum atomic E-state index is -3.44. The molecule has 0 spiro atoms. The number of piperidine rings is 2. The Morgan fingerprint density at radius 3 is 2.32 bits per heavy atom. The maximum atomic E-state index is 13.3. The zero-order valence-electron chi connectivity index (χ0n) is 15.3. The normalized spacial score (nSPS) is 32.3. The summed E-state index contributed by atoms with van der Waals surface area (Å²) in [7, 11) is -3.44. The first-order valence-corrected chi connectivity index (χ1v) is 11.2. The number of likely N-dealkylation sites (tertiary alicyclic amines) is 1. The van der Waals surface area contributed by atoms with Gasteiger partial charge in [-0.3, -0.25) is 4.68 Å². The fourth-order valence-electron chi connectivity index (χ4n) is 5.07. The molecule has 7 heteroatoms. The van der Waals surface area contributed by atoms with Gasteiger partial charge in [0.15, 0.2) is 5.03 Å². The molecule has 3 aliphatic heterocycles. The molecule has 4 rings (SSSR count). The quantitative estimate of drug-likeness (QED) is 0.821. The summed E-state index contributed by atoms with van der Waals surface area (Å²) in [6.45, 7) is 7.22. The van der Waals surface area contributed by atoms with Gasteiger partial charge in [-0.25, -0.2) is 8.42 Å². The second-order valence-electron chi connectivity index (χ2n) is 8.05. The SMILES string of the molecule is CCn1nccc1S(=O)(=O)N1C2CCC1CC(N1CCC(C)CC1)C2. The molecule has 0 N–H and O–H groups in total. The van der Waals surface area contributed by atoms with Gasteiger partial charge in [0.2, 0.25) is 0 Å². The molecule has 140 valence electrons. The van der Waals surface area contributed by atoms with Crippen molar-refractivity contribution >= 4 is 10.0 Å². The Kier molecular flexibility index (Phi) is 4.67. The summed E-state index contributed by atoms with van der Waals surface area (Å²) in [6, 6.07) is 2.53. The molecule has 2 atom stereocenters. The van der Waals surface area contributed by atoms with E-state index in [2.05, 4.69) is 16.9 Å². The molecule has 0 aliphatic carbocycles. The van der Waals surface area contributed by atoms with Crippen LogP contribution in [0.2, 0.25) is 0 Å². The summed E-state index contributed by atoms with van der Waals surface area (Å²) in [5, 5.41) is 4.52. The highest BCUT2D eigenvalue weighted by Gasteiger charge is 2.49. The van der Waals surface area contributed by atoms with Gasteiger partial charge in [0.1, 0.15) is 0 Å². The van der Waals surface area contributed by atoms with Gasteiger partial charge in [0.05, 0.1) is 6.20 Å². The molecule has 3 aliphatic rings. The van der Waals surface area contributed by atoms with Crippen LogP contribution >= 0.6 is 0 Å². The van der Waals surface area contributed by atoms with Crippen LogP contribution < -0.4 is 0 Å². The third-order valence-corrected chi connectivity index (χ3v) is 8.52. The number of sulfonamides is 1.